The molecule has 1 saturated carbocycles. The number of likely N-dealkylation sites (N-methyl/N-ethyl adjacent to an activating group) is 1. The molecule has 16 heavy (non-hydrogen) atoms. The summed E-state index contributed by atoms with van der Waals surface area (Å²) >= 11 is 0. The van der Waals surface area contributed by atoms with Crippen molar-refractivity contribution >= 4 is 5.91 Å². The highest BCUT2D eigenvalue weighted by molar-refractivity contribution is 5.77. The van der Waals surface area contributed by atoms with Gasteiger partial charge in [-0.05, 0) is 12.8 Å². The standard InChI is InChI=1S/C11H18N4O/c1-14(2)11(16)7-12-5-10-6-13-8-15(10)9-3-4-9/h6,8-9,12H,3-5,7H2,1-2H3. The Morgan fingerprint density at radius 2 is 2.38 bits per heavy atom. The molecule has 88 valence electrons. The minimum Gasteiger partial charge on any atom is -0.348 e. The van der Waals surface area contributed by atoms with Crippen LogP contribution in [-0.4, -0.2) is 41.0 Å². The number of nitrogens with zero attached hydrogens (tertiary/aromatic N) is 3. The van der Waals surface area contributed by atoms with Gasteiger partial charge in [0, 0.05) is 32.9 Å². The van der Waals surface area contributed by atoms with E-state index in [0.717, 1.165) is 5.69 Å². The minimum absolute atomic E-state index is 0.0949. The first kappa shape index (κ1) is 11.1. The molecule has 5 heteroatoms. The number of nitrogens with one attached hydrogen (secondary N) is 1. The lowest BCUT2D eigenvalue weighted by Gasteiger charge is -2.11. The van der Waals surface area contributed by atoms with Gasteiger partial charge < -0.3 is 14.8 Å². The van der Waals surface area contributed by atoms with Gasteiger partial charge in [-0.1, -0.05) is 0 Å². The molecule has 1 aromatic heterocycles. The molecule has 0 aromatic carbocycles. The summed E-state index contributed by atoms with van der Waals surface area (Å²) < 4.78 is 2.20. The van der Waals surface area contributed by atoms with Crippen molar-refractivity contribution in [2.24, 2.45) is 0 Å². The number of hydrogen-bond donors (Lipinski definition) is 1. The van der Waals surface area contributed by atoms with Crippen molar-refractivity contribution in [2.45, 2.75) is 25.4 Å². The van der Waals surface area contributed by atoms with Crippen molar-refractivity contribution in [3.8, 4) is 0 Å². The maximum absolute atomic E-state index is 11.3. The number of imidazole rings is 1. The Morgan fingerprint density at radius 1 is 1.62 bits per heavy atom. The van der Waals surface area contributed by atoms with Crippen LogP contribution in [-0.2, 0) is 11.3 Å². The van der Waals surface area contributed by atoms with Gasteiger partial charge in [-0.2, -0.15) is 0 Å². The fraction of sp³-hybridized carbons (Fsp3) is 0.636. The lowest BCUT2D eigenvalue weighted by molar-refractivity contribution is -0.127. The fourth-order valence-corrected chi connectivity index (χ4v) is 1.61. The topological polar surface area (TPSA) is 50.2 Å². The van der Waals surface area contributed by atoms with Gasteiger partial charge in [0.25, 0.3) is 0 Å². The van der Waals surface area contributed by atoms with Crippen LogP contribution in [0.3, 0.4) is 0 Å². The van der Waals surface area contributed by atoms with Gasteiger partial charge in [0.05, 0.1) is 18.6 Å². The third-order valence-electron chi connectivity index (χ3n) is 2.77. The van der Waals surface area contributed by atoms with E-state index < -0.39 is 0 Å². The van der Waals surface area contributed by atoms with Gasteiger partial charge in [0.15, 0.2) is 0 Å². The Hall–Kier alpha value is -1.36. The number of aromatic nitrogens is 2. The Labute approximate surface area is 95.5 Å². The Bertz CT molecular complexity index is 368. The van der Waals surface area contributed by atoms with E-state index in [0.29, 0.717) is 19.1 Å². The highest BCUT2D eigenvalue weighted by atomic mass is 16.2. The molecule has 0 unspecified atom stereocenters. The zero-order chi connectivity index (χ0) is 11.5. The average molecular weight is 222 g/mol. The maximum atomic E-state index is 11.3. The number of amides is 1. The molecule has 0 aliphatic heterocycles. The molecule has 0 bridgehead atoms. The van der Waals surface area contributed by atoms with Crippen molar-refractivity contribution in [3.63, 3.8) is 0 Å². The summed E-state index contributed by atoms with van der Waals surface area (Å²) in [4.78, 5) is 17.1. The van der Waals surface area contributed by atoms with Crippen molar-refractivity contribution in [3.05, 3.63) is 18.2 Å². The first-order chi connectivity index (χ1) is 7.68. The van der Waals surface area contributed by atoms with Gasteiger partial charge in [-0.3, -0.25) is 4.79 Å². The summed E-state index contributed by atoms with van der Waals surface area (Å²) in [5.41, 5.74) is 1.16. The SMILES string of the molecule is CN(C)C(=O)CNCc1cncn1C1CC1. The summed E-state index contributed by atoms with van der Waals surface area (Å²) in [5.74, 6) is 0.0949. The third kappa shape index (κ3) is 2.61. The van der Waals surface area contributed by atoms with Gasteiger partial charge in [0.1, 0.15) is 0 Å². The molecule has 0 spiro atoms. The number of rotatable bonds is 5. The highest BCUT2D eigenvalue weighted by Gasteiger charge is 2.24. The summed E-state index contributed by atoms with van der Waals surface area (Å²) in [6, 6.07) is 0.642. The first-order valence-corrected chi connectivity index (χ1v) is 5.60. The molecule has 5 nitrogen and oxygen atoms in total. The number of carbonyl (C=O) groups is 1. The van der Waals surface area contributed by atoms with E-state index in [4.69, 9.17) is 0 Å². The van der Waals surface area contributed by atoms with Crippen molar-refractivity contribution < 1.29 is 4.79 Å². The van der Waals surface area contributed by atoms with Crippen LogP contribution in [0.2, 0.25) is 0 Å². The maximum Gasteiger partial charge on any atom is 0.236 e. The smallest absolute Gasteiger partial charge is 0.236 e. The molecule has 0 atom stereocenters. The van der Waals surface area contributed by atoms with E-state index in [9.17, 15) is 4.79 Å². The van der Waals surface area contributed by atoms with Crippen LogP contribution >= 0.6 is 0 Å². The molecular weight excluding hydrogens is 204 g/mol. The van der Waals surface area contributed by atoms with E-state index in [2.05, 4.69) is 14.9 Å². The van der Waals surface area contributed by atoms with Crippen LogP contribution in [0.15, 0.2) is 12.5 Å². The highest BCUT2D eigenvalue weighted by Crippen LogP contribution is 2.35. The lowest BCUT2D eigenvalue weighted by Crippen LogP contribution is -2.33. The third-order valence-corrected chi connectivity index (χ3v) is 2.77. The quantitative estimate of drug-likeness (QED) is 0.784. The molecule has 0 radical (unpaired) electrons. The first-order valence-electron chi connectivity index (χ1n) is 5.60. The zero-order valence-electron chi connectivity index (χ0n) is 9.81. The van der Waals surface area contributed by atoms with Crippen LogP contribution in [0.4, 0.5) is 0 Å². The average Bonchev–Trinajstić information content (AvgIpc) is 2.99. The largest absolute Gasteiger partial charge is 0.348 e. The van der Waals surface area contributed by atoms with Crippen molar-refractivity contribution in [2.75, 3.05) is 20.6 Å². The number of carbonyl (C=O) groups excluding carboxylic acids is 1. The van der Waals surface area contributed by atoms with Crippen LogP contribution < -0.4 is 5.32 Å². The van der Waals surface area contributed by atoms with Gasteiger partial charge >= 0.3 is 0 Å². The molecule has 1 aliphatic carbocycles. The van der Waals surface area contributed by atoms with E-state index in [1.165, 1.54) is 12.8 Å². The van der Waals surface area contributed by atoms with Gasteiger partial charge in [0.2, 0.25) is 5.91 Å². The van der Waals surface area contributed by atoms with Gasteiger partial charge in [-0.25, -0.2) is 4.98 Å². The predicted molar refractivity (Wildman–Crippen MR) is 60.9 cm³/mol. The molecule has 2 rings (SSSR count). The van der Waals surface area contributed by atoms with Crippen LogP contribution in [0.1, 0.15) is 24.6 Å². The Balaban J connectivity index is 1.80. The normalized spacial score (nSPS) is 15.1. The fourth-order valence-electron chi connectivity index (χ4n) is 1.61. The lowest BCUT2D eigenvalue weighted by atomic mass is 10.4. The summed E-state index contributed by atoms with van der Waals surface area (Å²) in [7, 11) is 3.52. The van der Waals surface area contributed by atoms with Crippen molar-refractivity contribution in [1.82, 2.24) is 19.8 Å². The van der Waals surface area contributed by atoms with E-state index in [1.807, 2.05) is 12.5 Å². The van der Waals surface area contributed by atoms with Crippen molar-refractivity contribution in [1.29, 1.82) is 0 Å². The summed E-state index contributed by atoms with van der Waals surface area (Å²) in [6.45, 7) is 1.08. The van der Waals surface area contributed by atoms with Gasteiger partial charge in [-0.15, -0.1) is 0 Å². The van der Waals surface area contributed by atoms with Crippen LogP contribution in [0.25, 0.3) is 0 Å². The summed E-state index contributed by atoms with van der Waals surface area (Å²) in [6.07, 6.45) is 6.24. The minimum atomic E-state index is 0.0949. The monoisotopic (exact) mass is 222 g/mol. The molecule has 1 fully saturated rings. The second-order valence-electron chi connectivity index (χ2n) is 4.42. The predicted octanol–water partition coefficient (Wildman–Crippen LogP) is 0.396. The molecule has 1 aromatic rings. The molecule has 1 N–H and O–H groups in total. The Kier molecular flexibility index (Phi) is 3.24. The molecule has 0 saturated heterocycles. The molecular formula is C11H18N4O. The second kappa shape index (κ2) is 4.65. The molecule has 1 amide bonds. The molecule has 1 aliphatic rings. The second-order valence-corrected chi connectivity index (χ2v) is 4.42. The van der Waals surface area contributed by atoms with E-state index >= 15 is 0 Å². The molecule has 1 heterocycles. The van der Waals surface area contributed by atoms with E-state index in [-0.39, 0.29) is 5.91 Å². The summed E-state index contributed by atoms with van der Waals surface area (Å²) in [5, 5.41) is 3.14. The van der Waals surface area contributed by atoms with E-state index in [1.54, 1.807) is 19.0 Å². The number of hydrogen-bond acceptors (Lipinski definition) is 3. The van der Waals surface area contributed by atoms with Crippen LogP contribution in [0, 0.1) is 0 Å². The Morgan fingerprint density at radius 3 is 3.00 bits per heavy atom. The van der Waals surface area contributed by atoms with Crippen LogP contribution in [0.5, 0.6) is 0 Å². The zero-order valence-corrected chi connectivity index (χ0v) is 9.81.